The van der Waals surface area contributed by atoms with Crippen LogP contribution in [0.4, 0.5) is 0 Å². The maximum Gasteiger partial charge on any atom is 0.124 e. The molecule has 0 bridgehead atoms. The summed E-state index contributed by atoms with van der Waals surface area (Å²) in [4.78, 5) is 0. The second kappa shape index (κ2) is 5.96. The molecule has 1 aromatic rings. The van der Waals surface area contributed by atoms with Crippen LogP contribution < -0.4 is 10.1 Å². The molecule has 0 aromatic heterocycles. The van der Waals surface area contributed by atoms with Gasteiger partial charge in [0.05, 0.1) is 0 Å². The summed E-state index contributed by atoms with van der Waals surface area (Å²) in [6.07, 6.45) is 4.48. The number of hydrogen-bond acceptors (Lipinski definition) is 2. The van der Waals surface area contributed by atoms with Gasteiger partial charge in [-0.2, -0.15) is 0 Å². The smallest absolute Gasteiger partial charge is 0.124 e. The summed E-state index contributed by atoms with van der Waals surface area (Å²) < 4.78 is 6.40. The van der Waals surface area contributed by atoms with Gasteiger partial charge in [0, 0.05) is 18.0 Å². The molecule has 1 N–H and O–H groups in total. The number of rotatable bonds is 5. The highest BCUT2D eigenvalue weighted by Gasteiger charge is 2.38. The zero-order valence-corrected chi connectivity index (χ0v) is 12.8. The van der Waals surface area contributed by atoms with Gasteiger partial charge < -0.3 is 10.1 Å². The molecule has 0 fully saturated rings. The molecule has 0 radical (unpaired) electrons. The van der Waals surface area contributed by atoms with Gasteiger partial charge >= 0.3 is 0 Å². The highest BCUT2D eigenvalue weighted by Crippen LogP contribution is 2.43. The van der Waals surface area contributed by atoms with E-state index < -0.39 is 0 Å². The van der Waals surface area contributed by atoms with Crippen LogP contribution in [0.2, 0.25) is 0 Å². The molecule has 1 aliphatic rings. The second-order valence-electron chi connectivity index (χ2n) is 5.74. The Morgan fingerprint density at radius 3 is 2.74 bits per heavy atom. The Kier molecular flexibility index (Phi) is 4.51. The first kappa shape index (κ1) is 14.4. The normalized spacial score (nSPS) is 25.8. The molecule has 1 heterocycles. The van der Waals surface area contributed by atoms with Crippen LogP contribution in [0.1, 0.15) is 63.6 Å². The lowest BCUT2D eigenvalue weighted by Crippen LogP contribution is -2.43. The number of aryl methyl sites for hydroxylation is 1. The average molecular weight is 261 g/mol. The van der Waals surface area contributed by atoms with E-state index in [1.54, 1.807) is 0 Å². The van der Waals surface area contributed by atoms with E-state index in [1.807, 2.05) is 0 Å². The van der Waals surface area contributed by atoms with Crippen molar-refractivity contribution in [1.82, 2.24) is 5.32 Å². The molecule has 0 spiro atoms. The van der Waals surface area contributed by atoms with E-state index in [9.17, 15) is 0 Å². The van der Waals surface area contributed by atoms with Gasteiger partial charge in [-0.15, -0.1) is 0 Å². The molecule has 2 nitrogen and oxygen atoms in total. The molecule has 0 amide bonds. The predicted molar refractivity (Wildman–Crippen MR) is 80.8 cm³/mol. The van der Waals surface area contributed by atoms with Crippen molar-refractivity contribution in [1.29, 1.82) is 0 Å². The van der Waals surface area contributed by atoms with Gasteiger partial charge in [0.2, 0.25) is 0 Å². The van der Waals surface area contributed by atoms with Gasteiger partial charge in [-0.05, 0) is 32.4 Å². The predicted octanol–water partition coefficient (Wildman–Crippen LogP) is 4.38. The van der Waals surface area contributed by atoms with E-state index in [1.165, 1.54) is 17.5 Å². The number of hydrogen-bond donors (Lipinski definition) is 1. The molecule has 19 heavy (non-hydrogen) atoms. The maximum absolute atomic E-state index is 6.40. The Hall–Kier alpha value is -1.02. The molecule has 2 atom stereocenters. The van der Waals surface area contributed by atoms with Crippen LogP contribution in [0.15, 0.2) is 18.2 Å². The first-order valence-corrected chi connectivity index (χ1v) is 7.67. The standard InChI is InChI=1S/C17H27NO/c1-5-10-17(6-2)12-15(18-7-3)14-11-13(4)8-9-16(14)19-17/h8-9,11,15,18H,5-7,10,12H2,1-4H3. The first-order valence-electron chi connectivity index (χ1n) is 7.67. The lowest BCUT2D eigenvalue weighted by atomic mass is 9.82. The van der Waals surface area contributed by atoms with E-state index in [-0.39, 0.29) is 5.60 Å². The Balaban J connectivity index is 2.37. The minimum atomic E-state index is 0.0177. The van der Waals surface area contributed by atoms with Crippen LogP contribution >= 0.6 is 0 Å². The van der Waals surface area contributed by atoms with Crippen molar-refractivity contribution in [2.45, 2.75) is 65.0 Å². The number of benzene rings is 1. The lowest BCUT2D eigenvalue weighted by Gasteiger charge is -2.42. The van der Waals surface area contributed by atoms with Gasteiger partial charge in [-0.1, -0.05) is 44.9 Å². The molecule has 0 aliphatic carbocycles. The topological polar surface area (TPSA) is 21.3 Å². The molecule has 2 rings (SSSR count). The molecule has 1 aromatic carbocycles. The first-order chi connectivity index (χ1) is 9.14. The van der Waals surface area contributed by atoms with Crippen molar-refractivity contribution in [3.8, 4) is 5.75 Å². The van der Waals surface area contributed by atoms with Crippen molar-refractivity contribution in [2.75, 3.05) is 6.54 Å². The summed E-state index contributed by atoms with van der Waals surface area (Å²) in [6.45, 7) is 9.82. The Bertz CT molecular complexity index is 429. The van der Waals surface area contributed by atoms with E-state index in [4.69, 9.17) is 4.74 Å². The molecule has 2 heteroatoms. The summed E-state index contributed by atoms with van der Waals surface area (Å²) in [5.74, 6) is 1.08. The van der Waals surface area contributed by atoms with Crippen LogP contribution in [0.25, 0.3) is 0 Å². The number of fused-ring (bicyclic) bond motifs is 1. The second-order valence-corrected chi connectivity index (χ2v) is 5.74. The Labute approximate surface area is 117 Å². The van der Waals surface area contributed by atoms with E-state index >= 15 is 0 Å². The molecular formula is C17H27NO. The number of ether oxygens (including phenoxy) is 1. The molecule has 2 unspecified atom stereocenters. The summed E-state index contributed by atoms with van der Waals surface area (Å²) in [7, 11) is 0. The molecule has 0 saturated carbocycles. The summed E-state index contributed by atoms with van der Waals surface area (Å²) in [5.41, 5.74) is 2.66. The van der Waals surface area contributed by atoms with Crippen molar-refractivity contribution in [3.63, 3.8) is 0 Å². The Morgan fingerprint density at radius 1 is 1.32 bits per heavy atom. The van der Waals surface area contributed by atoms with Crippen LogP contribution in [0.5, 0.6) is 5.75 Å². The third-order valence-electron chi connectivity index (χ3n) is 4.24. The highest BCUT2D eigenvalue weighted by molar-refractivity contribution is 5.41. The molecular weight excluding hydrogens is 234 g/mol. The van der Waals surface area contributed by atoms with Crippen LogP contribution in [-0.2, 0) is 0 Å². The molecule has 1 aliphatic heterocycles. The van der Waals surface area contributed by atoms with E-state index in [2.05, 4.69) is 51.2 Å². The van der Waals surface area contributed by atoms with E-state index in [0.717, 1.165) is 31.6 Å². The van der Waals surface area contributed by atoms with Crippen LogP contribution in [0.3, 0.4) is 0 Å². The summed E-state index contributed by atoms with van der Waals surface area (Å²) >= 11 is 0. The third-order valence-corrected chi connectivity index (χ3v) is 4.24. The maximum atomic E-state index is 6.40. The van der Waals surface area contributed by atoms with Gasteiger partial charge in [-0.25, -0.2) is 0 Å². The molecule has 0 saturated heterocycles. The third kappa shape index (κ3) is 2.94. The quantitative estimate of drug-likeness (QED) is 0.849. The minimum absolute atomic E-state index is 0.0177. The van der Waals surface area contributed by atoms with Gasteiger partial charge in [-0.3, -0.25) is 0 Å². The van der Waals surface area contributed by atoms with Crippen LogP contribution in [-0.4, -0.2) is 12.1 Å². The Morgan fingerprint density at radius 2 is 2.11 bits per heavy atom. The van der Waals surface area contributed by atoms with Gasteiger partial charge in [0.1, 0.15) is 11.4 Å². The fourth-order valence-electron chi connectivity index (χ4n) is 3.22. The van der Waals surface area contributed by atoms with Crippen LogP contribution in [0, 0.1) is 6.92 Å². The van der Waals surface area contributed by atoms with E-state index in [0.29, 0.717) is 6.04 Å². The minimum Gasteiger partial charge on any atom is -0.487 e. The van der Waals surface area contributed by atoms with Gasteiger partial charge in [0.25, 0.3) is 0 Å². The molecule has 106 valence electrons. The van der Waals surface area contributed by atoms with Crippen molar-refractivity contribution in [2.24, 2.45) is 0 Å². The fourth-order valence-corrected chi connectivity index (χ4v) is 3.22. The number of nitrogens with one attached hydrogen (secondary N) is 1. The average Bonchev–Trinajstić information content (AvgIpc) is 2.40. The summed E-state index contributed by atoms with van der Waals surface area (Å²) in [5, 5.41) is 3.64. The SMILES string of the molecule is CCCC1(CC)CC(NCC)c2cc(C)ccc2O1. The van der Waals surface area contributed by atoms with Crippen molar-refractivity contribution >= 4 is 0 Å². The zero-order chi connectivity index (χ0) is 13.9. The highest BCUT2D eigenvalue weighted by atomic mass is 16.5. The zero-order valence-electron chi connectivity index (χ0n) is 12.8. The van der Waals surface area contributed by atoms with Gasteiger partial charge in [0.15, 0.2) is 0 Å². The largest absolute Gasteiger partial charge is 0.487 e. The van der Waals surface area contributed by atoms with Crippen molar-refractivity contribution in [3.05, 3.63) is 29.3 Å². The van der Waals surface area contributed by atoms with Crippen molar-refractivity contribution < 1.29 is 4.74 Å². The lowest BCUT2D eigenvalue weighted by molar-refractivity contribution is 0.0180. The monoisotopic (exact) mass is 261 g/mol. The summed E-state index contributed by atoms with van der Waals surface area (Å²) in [6, 6.07) is 7.00. The fraction of sp³-hybridized carbons (Fsp3) is 0.647.